The quantitative estimate of drug-likeness (QED) is 0.193. The molecule has 6 atom stereocenters. The van der Waals surface area contributed by atoms with E-state index >= 15 is 0 Å². The van der Waals surface area contributed by atoms with E-state index < -0.39 is 23.7 Å². The predicted octanol–water partition coefficient (Wildman–Crippen LogP) is 6.50. The minimum absolute atomic E-state index is 0.00362. The summed E-state index contributed by atoms with van der Waals surface area (Å²) in [5.41, 5.74) is 0.518. The molecule has 3 saturated heterocycles. The number of carbonyl (C=O) groups excluding carboxylic acids is 5. The van der Waals surface area contributed by atoms with Crippen molar-refractivity contribution in [2.45, 2.75) is 159 Å². The molecule has 3 N–H and O–H groups in total. The average Bonchev–Trinajstić information content (AvgIpc) is 3.87. The van der Waals surface area contributed by atoms with Crippen LogP contribution in [0.15, 0.2) is 49.1 Å². The van der Waals surface area contributed by atoms with Gasteiger partial charge in [-0.25, -0.2) is 9.97 Å². The van der Waals surface area contributed by atoms with E-state index in [-0.39, 0.29) is 94.6 Å². The number of hydrogen-bond donors (Lipinski definition) is 3. The summed E-state index contributed by atoms with van der Waals surface area (Å²) in [6, 6.07) is 6.06. The summed E-state index contributed by atoms with van der Waals surface area (Å²) in [5.74, 6) is -0.596. The second-order valence-corrected chi connectivity index (χ2v) is 21.6. The second-order valence-electron chi connectivity index (χ2n) is 21.6. The SMILES string of the molecule is CC(C)N(C)[C@@H]1CC[C@H](N2CC[C@H](Nc3ncnc4ccc(C(F)(F)F)cc34)C2=O)[C@H](NC(=O)[C@H]2CC[C@@H](NC(=O)C3CCC4(CC3)CCN(C(=O)[C@H]3CC(=O)N(C)[C@@H]3c3cccnc3)CC4)CC2)C1. The fraction of sp³-hybridized carbons (Fsp3) is 0.654. The monoisotopic (exact) mass is 971 g/mol. The largest absolute Gasteiger partial charge is 0.416 e. The normalized spacial score (nSPS) is 28.8. The molecule has 5 amide bonds. The highest BCUT2D eigenvalue weighted by Crippen LogP contribution is 2.48. The van der Waals surface area contributed by atoms with Crippen molar-refractivity contribution in [2.24, 2.45) is 23.2 Å². The van der Waals surface area contributed by atoms with Gasteiger partial charge in [0.15, 0.2) is 0 Å². The van der Waals surface area contributed by atoms with Crippen molar-refractivity contribution in [3.8, 4) is 0 Å². The van der Waals surface area contributed by atoms with Gasteiger partial charge in [-0.05, 0) is 146 Å². The van der Waals surface area contributed by atoms with Crippen molar-refractivity contribution in [3.63, 3.8) is 0 Å². The van der Waals surface area contributed by atoms with Gasteiger partial charge in [0.1, 0.15) is 18.2 Å². The molecule has 70 heavy (non-hydrogen) atoms. The van der Waals surface area contributed by atoms with E-state index in [2.05, 4.69) is 56.7 Å². The van der Waals surface area contributed by atoms with Gasteiger partial charge in [-0.2, -0.15) is 13.2 Å². The zero-order valence-corrected chi connectivity index (χ0v) is 40.9. The zero-order valence-electron chi connectivity index (χ0n) is 40.9. The van der Waals surface area contributed by atoms with Crippen molar-refractivity contribution in [3.05, 3.63) is 60.2 Å². The molecule has 2 aromatic heterocycles. The lowest BCUT2D eigenvalue weighted by Crippen LogP contribution is -2.59. The number of hydrogen-bond acceptors (Lipinski definition) is 10. The molecule has 6 aliphatic rings. The number of anilines is 1. The zero-order chi connectivity index (χ0) is 49.5. The number of pyridine rings is 1. The first-order valence-electron chi connectivity index (χ1n) is 25.6. The Balaban J connectivity index is 0.751. The molecule has 6 fully saturated rings. The third kappa shape index (κ3) is 10.3. The number of nitrogens with one attached hydrogen (secondary N) is 3. The van der Waals surface area contributed by atoms with Crippen LogP contribution in [0.2, 0.25) is 0 Å². The minimum Gasteiger partial charge on any atom is -0.358 e. The van der Waals surface area contributed by atoms with Crippen LogP contribution < -0.4 is 16.0 Å². The molecule has 0 unspecified atom stereocenters. The molecular weight excluding hydrogens is 902 g/mol. The molecule has 0 bridgehead atoms. The summed E-state index contributed by atoms with van der Waals surface area (Å²) in [6.07, 6.45) is 11.1. The summed E-state index contributed by atoms with van der Waals surface area (Å²) in [4.78, 5) is 89.0. The van der Waals surface area contributed by atoms with Crippen LogP contribution in [-0.4, -0.2) is 134 Å². The van der Waals surface area contributed by atoms with Gasteiger partial charge in [-0.3, -0.25) is 29.0 Å². The molecule has 3 saturated carbocycles. The van der Waals surface area contributed by atoms with Crippen LogP contribution in [0, 0.1) is 23.2 Å². The van der Waals surface area contributed by atoms with Crippen molar-refractivity contribution < 1.29 is 37.1 Å². The molecule has 1 aromatic carbocycles. The topological polar surface area (TPSA) is 173 Å². The fourth-order valence-corrected chi connectivity index (χ4v) is 12.8. The summed E-state index contributed by atoms with van der Waals surface area (Å²) in [7, 11) is 3.86. The lowest BCUT2D eigenvalue weighted by molar-refractivity contribution is -0.140. The van der Waals surface area contributed by atoms with Crippen LogP contribution in [0.4, 0.5) is 19.0 Å². The Labute approximate surface area is 408 Å². The number of fused-ring (bicyclic) bond motifs is 1. The molecule has 15 nitrogen and oxygen atoms in total. The third-order valence-corrected chi connectivity index (χ3v) is 17.3. The highest BCUT2D eigenvalue weighted by Gasteiger charge is 2.48. The number of amides is 5. The Kier molecular flexibility index (Phi) is 14.4. The first-order chi connectivity index (χ1) is 33.5. The molecule has 5 heterocycles. The van der Waals surface area contributed by atoms with Gasteiger partial charge in [0, 0.05) is 80.8 Å². The Bertz CT molecular complexity index is 2400. The number of piperidine rings is 1. The third-order valence-electron chi connectivity index (χ3n) is 17.3. The molecule has 1 spiro atoms. The van der Waals surface area contributed by atoms with Gasteiger partial charge >= 0.3 is 6.18 Å². The van der Waals surface area contributed by atoms with Crippen molar-refractivity contribution in [1.29, 1.82) is 0 Å². The van der Waals surface area contributed by atoms with E-state index in [0.29, 0.717) is 76.1 Å². The molecule has 378 valence electrons. The van der Waals surface area contributed by atoms with E-state index in [1.165, 1.54) is 12.4 Å². The first kappa shape index (κ1) is 49.6. The molecule has 3 aliphatic heterocycles. The van der Waals surface area contributed by atoms with Crippen molar-refractivity contribution in [1.82, 2.24) is 45.2 Å². The molecule has 9 rings (SSSR count). The standard InChI is InChI=1S/C52H69F3N10O5/c1-31(2)62(3)37-12-14-43(65-23-17-41(50(65)70)60-46-38-26-35(52(53,54)55)9-13-40(38)57-30-58-46)42(27-37)61-48(68)32-7-10-36(11-8-32)59-47(67)33-15-18-51(19-16-33)20-24-64(25-21-51)49(69)39-28-44(66)63(4)45(39)34-6-5-22-56-29-34/h5-6,9,13,22,26,29-33,36-37,39,41-43,45H,7-8,10-12,14-21,23-25,27-28H2,1-4H3,(H,59,67)(H,61,68)(H,57,58,60)/t32-,36+,37-,39+,41+,42-,43+,45-/m1/s1. The van der Waals surface area contributed by atoms with E-state index in [1.54, 1.807) is 24.3 Å². The smallest absolute Gasteiger partial charge is 0.358 e. The van der Waals surface area contributed by atoms with Crippen LogP contribution in [0.5, 0.6) is 0 Å². The Morgan fingerprint density at radius 2 is 1.57 bits per heavy atom. The van der Waals surface area contributed by atoms with Gasteiger partial charge < -0.3 is 35.6 Å². The van der Waals surface area contributed by atoms with Gasteiger partial charge in [-0.1, -0.05) is 6.07 Å². The highest BCUT2D eigenvalue weighted by molar-refractivity contribution is 5.94. The van der Waals surface area contributed by atoms with E-state index in [9.17, 15) is 37.1 Å². The molecular formula is C52H69F3N10O5. The van der Waals surface area contributed by atoms with Gasteiger partial charge in [-0.15, -0.1) is 0 Å². The molecule has 3 aromatic rings. The van der Waals surface area contributed by atoms with Crippen LogP contribution >= 0.6 is 0 Å². The number of alkyl halides is 3. The van der Waals surface area contributed by atoms with Crippen molar-refractivity contribution >= 4 is 46.3 Å². The maximum absolute atomic E-state index is 14.1. The molecule has 0 radical (unpaired) electrons. The van der Waals surface area contributed by atoms with Gasteiger partial charge in [0.2, 0.25) is 29.5 Å². The Morgan fingerprint density at radius 3 is 2.26 bits per heavy atom. The first-order valence-corrected chi connectivity index (χ1v) is 25.6. The summed E-state index contributed by atoms with van der Waals surface area (Å²) < 4.78 is 40.9. The van der Waals surface area contributed by atoms with E-state index in [0.717, 1.165) is 62.6 Å². The number of carbonyl (C=O) groups is 5. The van der Waals surface area contributed by atoms with Crippen LogP contribution in [0.1, 0.15) is 127 Å². The predicted molar refractivity (Wildman–Crippen MR) is 256 cm³/mol. The average molecular weight is 971 g/mol. The maximum atomic E-state index is 14.1. The summed E-state index contributed by atoms with van der Waals surface area (Å²) >= 11 is 0. The fourth-order valence-electron chi connectivity index (χ4n) is 12.8. The van der Waals surface area contributed by atoms with Crippen LogP contribution in [0.3, 0.4) is 0 Å². The lowest BCUT2D eigenvalue weighted by Gasteiger charge is -2.46. The van der Waals surface area contributed by atoms with Crippen LogP contribution in [-0.2, 0) is 30.1 Å². The Hall–Kier alpha value is -5.39. The number of benzene rings is 1. The summed E-state index contributed by atoms with van der Waals surface area (Å²) in [5, 5.41) is 10.1. The highest BCUT2D eigenvalue weighted by atomic mass is 19.4. The van der Waals surface area contributed by atoms with E-state index in [4.69, 9.17) is 0 Å². The number of nitrogens with zero attached hydrogens (tertiary/aromatic N) is 7. The number of likely N-dealkylation sites (tertiary alicyclic amines) is 3. The van der Waals surface area contributed by atoms with E-state index in [1.807, 2.05) is 21.9 Å². The second kappa shape index (κ2) is 20.4. The minimum atomic E-state index is -4.54. The summed E-state index contributed by atoms with van der Waals surface area (Å²) in [6.45, 7) is 6.06. The number of halogens is 3. The number of aromatic nitrogens is 3. The molecule has 18 heteroatoms. The van der Waals surface area contributed by atoms with Crippen molar-refractivity contribution in [2.75, 3.05) is 39.0 Å². The number of rotatable bonds is 11. The van der Waals surface area contributed by atoms with Crippen LogP contribution in [0.25, 0.3) is 10.9 Å². The Morgan fingerprint density at radius 1 is 0.857 bits per heavy atom. The van der Waals surface area contributed by atoms with Gasteiger partial charge in [0.05, 0.1) is 35.1 Å². The van der Waals surface area contributed by atoms with Gasteiger partial charge in [0.25, 0.3) is 0 Å². The lowest BCUT2D eigenvalue weighted by atomic mass is 9.65. The molecule has 3 aliphatic carbocycles. The maximum Gasteiger partial charge on any atom is 0.416 e.